The normalized spacial score (nSPS) is 10.7. The number of thiazole rings is 1. The van der Waals surface area contributed by atoms with Gasteiger partial charge in [0.15, 0.2) is 5.13 Å². The monoisotopic (exact) mass is 373 g/mol. The molecule has 0 fully saturated rings. The zero-order valence-electron chi connectivity index (χ0n) is 13.8. The van der Waals surface area contributed by atoms with Gasteiger partial charge in [-0.3, -0.25) is 14.4 Å². The van der Waals surface area contributed by atoms with Crippen molar-refractivity contribution < 1.29 is 14.3 Å². The van der Waals surface area contributed by atoms with Crippen LogP contribution in [0.4, 0.5) is 5.13 Å². The maximum atomic E-state index is 12.3. The Kier molecular flexibility index (Phi) is 5.32. The topological polar surface area (TPSA) is 116 Å². The van der Waals surface area contributed by atoms with Gasteiger partial charge in [0.25, 0.3) is 5.56 Å². The van der Waals surface area contributed by atoms with Gasteiger partial charge in [0.05, 0.1) is 24.1 Å². The smallest absolute Gasteiger partial charge is 0.311 e. The van der Waals surface area contributed by atoms with E-state index in [1.807, 2.05) is 0 Å². The lowest BCUT2D eigenvalue weighted by atomic mass is 10.2. The summed E-state index contributed by atoms with van der Waals surface area (Å²) in [6.45, 7) is 1.74. The molecule has 0 spiro atoms. The van der Waals surface area contributed by atoms with Crippen LogP contribution in [0.25, 0.3) is 10.9 Å². The minimum Gasteiger partial charge on any atom is -0.466 e. The first-order valence-electron chi connectivity index (χ1n) is 7.79. The van der Waals surface area contributed by atoms with E-state index in [4.69, 9.17) is 4.74 Å². The first-order chi connectivity index (χ1) is 12.6. The van der Waals surface area contributed by atoms with Crippen molar-refractivity contribution in [3.05, 3.63) is 45.7 Å². The highest BCUT2D eigenvalue weighted by Crippen LogP contribution is 2.16. The van der Waals surface area contributed by atoms with Gasteiger partial charge in [-0.05, 0) is 19.1 Å². The molecular weight excluding hydrogens is 358 g/mol. The predicted molar refractivity (Wildman–Crippen MR) is 94.9 cm³/mol. The van der Waals surface area contributed by atoms with Crippen molar-refractivity contribution in [2.75, 3.05) is 11.9 Å². The Morgan fingerprint density at radius 3 is 2.92 bits per heavy atom. The number of ether oxygens (including phenoxy) is 1. The maximum absolute atomic E-state index is 12.3. The summed E-state index contributed by atoms with van der Waals surface area (Å²) in [7, 11) is 0. The van der Waals surface area contributed by atoms with Gasteiger partial charge in [-0.2, -0.15) is 0 Å². The Balaban J connectivity index is 1.66. The Morgan fingerprint density at radius 2 is 2.12 bits per heavy atom. The van der Waals surface area contributed by atoms with Gasteiger partial charge in [0.2, 0.25) is 5.91 Å². The van der Waals surface area contributed by atoms with Crippen LogP contribution in [-0.2, 0) is 27.3 Å². The fraction of sp³-hybridized carbons (Fsp3) is 0.250. The molecule has 26 heavy (non-hydrogen) atoms. The highest BCUT2D eigenvalue weighted by Gasteiger charge is 2.13. The summed E-state index contributed by atoms with van der Waals surface area (Å²) in [5.41, 5.74) is 0.581. The number of fused-ring (bicyclic) bond motifs is 1. The van der Waals surface area contributed by atoms with Crippen LogP contribution in [-0.4, -0.2) is 38.5 Å². The van der Waals surface area contributed by atoms with Crippen LogP contribution in [0.5, 0.6) is 0 Å². The van der Waals surface area contributed by atoms with Gasteiger partial charge in [-0.1, -0.05) is 17.3 Å². The first kappa shape index (κ1) is 17.7. The number of carbonyl (C=O) groups is 2. The lowest BCUT2D eigenvalue weighted by molar-refractivity contribution is -0.142. The average molecular weight is 373 g/mol. The summed E-state index contributed by atoms with van der Waals surface area (Å²) in [6, 6.07) is 6.78. The Hall–Kier alpha value is -3.14. The molecule has 3 aromatic rings. The van der Waals surface area contributed by atoms with Gasteiger partial charge in [0, 0.05) is 5.38 Å². The highest BCUT2D eigenvalue weighted by molar-refractivity contribution is 7.13. The largest absolute Gasteiger partial charge is 0.466 e. The molecule has 1 aromatic carbocycles. The second-order valence-electron chi connectivity index (χ2n) is 5.24. The molecule has 0 bridgehead atoms. The van der Waals surface area contributed by atoms with Crippen LogP contribution in [0.1, 0.15) is 12.6 Å². The second kappa shape index (κ2) is 7.83. The quantitative estimate of drug-likeness (QED) is 0.641. The third kappa shape index (κ3) is 4.09. The van der Waals surface area contributed by atoms with Gasteiger partial charge in [-0.25, -0.2) is 9.67 Å². The molecule has 9 nitrogen and oxygen atoms in total. The number of anilines is 1. The lowest BCUT2D eigenvalue weighted by Gasteiger charge is -2.04. The summed E-state index contributed by atoms with van der Waals surface area (Å²) in [6.07, 6.45) is 0.0375. The molecule has 0 aliphatic rings. The molecule has 134 valence electrons. The lowest BCUT2D eigenvalue weighted by Crippen LogP contribution is -2.30. The number of esters is 1. The first-order valence-corrected chi connectivity index (χ1v) is 8.67. The van der Waals surface area contributed by atoms with E-state index in [0.29, 0.717) is 28.3 Å². The van der Waals surface area contributed by atoms with Crippen LogP contribution in [0, 0.1) is 0 Å². The standard InChI is InChI=1S/C16H15N5O4S/c1-2-25-14(23)7-10-9-26-16(17-10)18-13(22)8-21-15(24)11-5-3-4-6-12(11)19-20-21/h3-6,9H,2,7-8H2,1H3,(H,17,18,22). The van der Waals surface area contributed by atoms with Crippen molar-refractivity contribution >= 4 is 39.2 Å². The molecule has 1 amide bonds. The highest BCUT2D eigenvalue weighted by atomic mass is 32.1. The number of nitrogens with one attached hydrogen (secondary N) is 1. The van der Waals surface area contributed by atoms with E-state index in [9.17, 15) is 14.4 Å². The van der Waals surface area contributed by atoms with E-state index < -0.39 is 11.5 Å². The summed E-state index contributed by atoms with van der Waals surface area (Å²) >= 11 is 1.18. The van der Waals surface area contributed by atoms with Crippen molar-refractivity contribution in [2.24, 2.45) is 0 Å². The number of amides is 1. The number of aromatic nitrogens is 4. The summed E-state index contributed by atoms with van der Waals surface area (Å²) in [5.74, 6) is -0.845. The fourth-order valence-corrected chi connectivity index (χ4v) is 2.95. The SMILES string of the molecule is CCOC(=O)Cc1csc(NC(=O)Cn2nnc3ccccc3c2=O)n1. The molecule has 3 rings (SSSR count). The molecule has 1 N–H and O–H groups in total. The minimum atomic E-state index is -0.464. The average Bonchev–Trinajstić information content (AvgIpc) is 3.04. The molecule has 0 saturated heterocycles. The van der Waals surface area contributed by atoms with E-state index in [2.05, 4.69) is 20.6 Å². The van der Waals surface area contributed by atoms with Crippen LogP contribution < -0.4 is 10.9 Å². The number of rotatable bonds is 6. The van der Waals surface area contributed by atoms with Crippen molar-refractivity contribution in [1.29, 1.82) is 0 Å². The van der Waals surface area contributed by atoms with Gasteiger partial charge in [-0.15, -0.1) is 16.4 Å². The summed E-state index contributed by atoms with van der Waals surface area (Å²) in [5, 5.41) is 12.7. The number of carbonyl (C=O) groups excluding carboxylic acids is 2. The molecule has 0 unspecified atom stereocenters. The predicted octanol–water partition coefficient (Wildman–Crippen LogP) is 0.992. The van der Waals surface area contributed by atoms with Crippen LogP contribution >= 0.6 is 11.3 Å². The van der Waals surface area contributed by atoms with Gasteiger partial charge in [0.1, 0.15) is 12.1 Å². The zero-order valence-corrected chi connectivity index (χ0v) is 14.7. The van der Waals surface area contributed by atoms with Crippen molar-refractivity contribution in [3.8, 4) is 0 Å². The molecule has 2 heterocycles. The van der Waals surface area contributed by atoms with E-state index in [1.54, 1.807) is 36.6 Å². The van der Waals surface area contributed by atoms with Crippen molar-refractivity contribution in [3.63, 3.8) is 0 Å². The van der Waals surface area contributed by atoms with Crippen LogP contribution in [0.15, 0.2) is 34.4 Å². The molecule has 10 heteroatoms. The third-order valence-electron chi connectivity index (χ3n) is 3.35. The third-order valence-corrected chi connectivity index (χ3v) is 4.16. The number of nitrogens with zero attached hydrogens (tertiary/aromatic N) is 4. The van der Waals surface area contributed by atoms with Gasteiger partial charge < -0.3 is 10.1 Å². The Morgan fingerprint density at radius 1 is 1.31 bits per heavy atom. The Bertz CT molecular complexity index is 1010. The van der Waals surface area contributed by atoms with E-state index in [-0.39, 0.29) is 18.9 Å². The van der Waals surface area contributed by atoms with E-state index in [0.717, 1.165) is 4.68 Å². The minimum absolute atomic E-state index is 0.0375. The van der Waals surface area contributed by atoms with E-state index >= 15 is 0 Å². The van der Waals surface area contributed by atoms with E-state index in [1.165, 1.54) is 11.3 Å². The molecule has 0 saturated carbocycles. The van der Waals surface area contributed by atoms with Crippen molar-refractivity contribution in [1.82, 2.24) is 20.0 Å². The molecular formula is C16H15N5O4S. The molecule has 0 radical (unpaired) electrons. The van der Waals surface area contributed by atoms with Crippen LogP contribution in [0.3, 0.4) is 0 Å². The molecule has 0 atom stereocenters. The molecule has 0 aliphatic carbocycles. The summed E-state index contributed by atoms with van der Waals surface area (Å²) < 4.78 is 5.84. The summed E-state index contributed by atoms with van der Waals surface area (Å²) in [4.78, 5) is 40.0. The number of benzene rings is 1. The van der Waals surface area contributed by atoms with Gasteiger partial charge >= 0.3 is 5.97 Å². The molecule has 2 aromatic heterocycles. The van der Waals surface area contributed by atoms with Crippen molar-refractivity contribution in [2.45, 2.75) is 19.9 Å². The number of hydrogen-bond acceptors (Lipinski definition) is 8. The number of hydrogen-bond donors (Lipinski definition) is 1. The Labute approximate surface area is 151 Å². The zero-order chi connectivity index (χ0) is 18.5. The fourth-order valence-electron chi connectivity index (χ4n) is 2.23. The maximum Gasteiger partial charge on any atom is 0.311 e. The van der Waals surface area contributed by atoms with Crippen LogP contribution in [0.2, 0.25) is 0 Å². The molecule has 0 aliphatic heterocycles. The second-order valence-corrected chi connectivity index (χ2v) is 6.10.